The lowest BCUT2D eigenvalue weighted by Crippen LogP contribution is -2.30. The summed E-state index contributed by atoms with van der Waals surface area (Å²) in [6, 6.07) is 0. The highest BCUT2D eigenvalue weighted by atomic mass is 16.4. The maximum atomic E-state index is 10.5. The zero-order valence-electron chi connectivity index (χ0n) is 6.53. The quantitative estimate of drug-likeness (QED) is 0.571. The Morgan fingerprint density at radius 1 is 1.73 bits per heavy atom. The van der Waals surface area contributed by atoms with E-state index >= 15 is 0 Å². The van der Waals surface area contributed by atoms with Gasteiger partial charge in [-0.2, -0.15) is 0 Å². The molecule has 0 aromatic carbocycles. The zero-order valence-corrected chi connectivity index (χ0v) is 6.53. The third-order valence-electron chi connectivity index (χ3n) is 1.54. The highest BCUT2D eigenvalue weighted by molar-refractivity contribution is 5.94. The van der Waals surface area contributed by atoms with Crippen molar-refractivity contribution in [1.82, 2.24) is 4.90 Å². The minimum absolute atomic E-state index is 0.226. The molecule has 0 aromatic rings. The van der Waals surface area contributed by atoms with Gasteiger partial charge in [0.25, 0.3) is 0 Å². The van der Waals surface area contributed by atoms with Crippen molar-refractivity contribution in [2.45, 2.75) is 13.8 Å². The van der Waals surface area contributed by atoms with E-state index < -0.39 is 6.09 Å². The van der Waals surface area contributed by atoms with Crippen LogP contribution in [0.3, 0.4) is 0 Å². The Morgan fingerprint density at radius 2 is 2.36 bits per heavy atom. The smallest absolute Gasteiger partial charge is 0.413 e. The first-order chi connectivity index (χ1) is 5.11. The molecule has 1 rings (SSSR count). The van der Waals surface area contributed by atoms with Crippen LogP contribution in [0.2, 0.25) is 0 Å². The molecule has 0 bridgehead atoms. The molecular formula is C7H10N2O2. The molecule has 0 aromatic heterocycles. The number of nitrogens with zero attached hydrogens (tertiary/aromatic N) is 2. The summed E-state index contributed by atoms with van der Waals surface area (Å²) in [5.41, 5.74) is 1.60. The Balaban J connectivity index is 2.80. The van der Waals surface area contributed by atoms with E-state index in [-0.39, 0.29) is 6.67 Å². The summed E-state index contributed by atoms with van der Waals surface area (Å²) >= 11 is 0. The predicted molar refractivity (Wildman–Crippen MR) is 41.6 cm³/mol. The van der Waals surface area contributed by atoms with E-state index in [4.69, 9.17) is 5.11 Å². The second kappa shape index (κ2) is 2.74. The molecule has 1 amide bonds. The number of hydrogen-bond donors (Lipinski definition) is 1. The van der Waals surface area contributed by atoms with Crippen molar-refractivity contribution in [1.29, 1.82) is 0 Å². The Morgan fingerprint density at radius 3 is 2.82 bits per heavy atom. The lowest BCUT2D eigenvalue weighted by molar-refractivity contribution is 0.159. The second-order valence-corrected chi connectivity index (χ2v) is 2.44. The van der Waals surface area contributed by atoms with Gasteiger partial charge in [0, 0.05) is 11.4 Å². The summed E-state index contributed by atoms with van der Waals surface area (Å²) in [7, 11) is 0. The Hall–Kier alpha value is -1.32. The normalized spacial score (nSPS) is 17.5. The Bertz CT molecular complexity index is 243. The lowest BCUT2D eigenvalue weighted by atomic mass is 10.3. The van der Waals surface area contributed by atoms with E-state index in [1.54, 1.807) is 13.0 Å². The van der Waals surface area contributed by atoms with Gasteiger partial charge in [0.05, 0.1) is 0 Å². The summed E-state index contributed by atoms with van der Waals surface area (Å²) in [4.78, 5) is 15.7. The molecule has 4 nitrogen and oxygen atoms in total. The minimum Gasteiger partial charge on any atom is -0.465 e. The number of carboxylic acid groups (broad SMARTS) is 1. The maximum Gasteiger partial charge on any atom is 0.413 e. The molecule has 0 unspecified atom stereocenters. The van der Waals surface area contributed by atoms with E-state index in [9.17, 15) is 4.79 Å². The SMILES string of the molecule is CC1=CC(C)=NCN1C(=O)O. The molecule has 0 saturated heterocycles. The van der Waals surface area contributed by atoms with Gasteiger partial charge < -0.3 is 5.11 Å². The molecule has 0 radical (unpaired) electrons. The molecule has 60 valence electrons. The number of allylic oxidation sites excluding steroid dienone is 2. The third kappa shape index (κ3) is 1.58. The van der Waals surface area contributed by atoms with E-state index in [1.165, 1.54) is 4.90 Å². The number of carbonyl (C=O) groups is 1. The molecule has 4 heteroatoms. The first-order valence-electron chi connectivity index (χ1n) is 3.31. The van der Waals surface area contributed by atoms with Gasteiger partial charge >= 0.3 is 6.09 Å². The first kappa shape index (κ1) is 7.78. The number of amides is 1. The molecule has 0 atom stereocenters. The van der Waals surface area contributed by atoms with Crippen LogP contribution in [0.1, 0.15) is 13.8 Å². The van der Waals surface area contributed by atoms with Crippen molar-refractivity contribution >= 4 is 11.8 Å². The topological polar surface area (TPSA) is 52.9 Å². The highest BCUT2D eigenvalue weighted by Gasteiger charge is 2.15. The van der Waals surface area contributed by atoms with Crippen molar-refractivity contribution in [3.8, 4) is 0 Å². The fourth-order valence-electron chi connectivity index (χ4n) is 0.931. The van der Waals surface area contributed by atoms with Gasteiger partial charge in [-0.25, -0.2) is 4.79 Å². The second-order valence-electron chi connectivity index (χ2n) is 2.44. The molecule has 1 N–H and O–H groups in total. The van der Waals surface area contributed by atoms with Crippen LogP contribution in [0, 0.1) is 0 Å². The average Bonchev–Trinajstić information content (AvgIpc) is 1.85. The summed E-state index contributed by atoms with van der Waals surface area (Å²) in [5.74, 6) is 0. The number of rotatable bonds is 0. The van der Waals surface area contributed by atoms with Crippen LogP contribution in [0.4, 0.5) is 4.79 Å². The van der Waals surface area contributed by atoms with Crippen molar-refractivity contribution in [2.24, 2.45) is 4.99 Å². The van der Waals surface area contributed by atoms with E-state index in [2.05, 4.69) is 4.99 Å². The van der Waals surface area contributed by atoms with E-state index in [0.29, 0.717) is 0 Å². The van der Waals surface area contributed by atoms with Crippen LogP contribution < -0.4 is 0 Å². The molecule has 0 spiro atoms. The van der Waals surface area contributed by atoms with Gasteiger partial charge in [0.1, 0.15) is 6.67 Å². The number of aliphatic imine (C=N–C) groups is 1. The van der Waals surface area contributed by atoms with Crippen molar-refractivity contribution in [3.63, 3.8) is 0 Å². The van der Waals surface area contributed by atoms with Gasteiger partial charge in [-0.15, -0.1) is 0 Å². The van der Waals surface area contributed by atoms with Crippen LogP contribution in [-0.4, -0.2) is 28.5 Å². The fourth-order valence-corrected chi connectivity index (χ4v) is 0.931. The molecule has 1 heterocycles. The van der Waals surface area contributed by atoms with Gasteiger partial charge in [-0.1, -0.05) is 0 Å². The Kier molecular flexibility index (Phi) is 1.94. The highest BCUT2D eigenvalue weighted by Crippen LogP contribution is 2.08. The monoisotopic (exact) mass is 154 g/mol. The van der Waals surface area contributed by atoms with Crippen LogP contribution in [0.25, 0.3) is 0 Å². The molecule has 1 aliphatic heterocycles. The fraction of sp³-hybridized carbons (Fsp3) is 0.429. The van der Waals surface area contributed by atoms with Gasteiger partial charge in [-0.05, 0) is 19.9 Å². The molecular weight excluding hydrogens is 144 g/mol. The van der Waals surface area contributed by atoms with Crippen molar-refractivity contribution < 1.29 is 9.90 Å². The Labute approximate surface area is 64.8 Å². The average molecular weight is 154 g/mol. The molecule has 0 aliphatic carbocycles. The van der Waals surface area contributed by atoms with Crippen LogP contribution in [0.15, 0.2) is 16.8 Å². The summed E-state index contributed by atoms with van der Waals surface area (Å²) in [6.07, 6.45) is 0.799. The third-order valence-corrected chi connectivity index (χ3v) is 1.54. The van der Waals surface area contributed by atoms with E-state index in [0.717, 1.165) is 11.4 Å². The van der Waals surface area contributed by atoms with Gasteiger partial charge in [0.15, 0.2) is 0 Å². The molecule has 0 fully saturated rings. The van der Waals surface area contributed by atoms with E-state index in [1.807, 2.05) is 6.92 Å². The van der Waals surface area contributed by atoms with Crippen LogP contribution in [0.5, 0.6) is 0 Å². The van der Waals surface area contributed by atoms with Crippen LogP contribution in [-0.2, 0) is 0 Å². The summed E-state index contributed by atoms with van der Waals surface area (Å²) in [6.45, 7) is 3.83. The lowest BCUT2D eigenvalue weighted by Gasteiger charge is -2.20. The maximum absolute atomic E-state index is 10.5. The van der Waals surface area contributed by atoms with Crippen molar-refractivity contribution in [2.75, 3.05) is 6.67 Å². The van der Waals surface area contributed by atoms with Gasteiger partial charge in [0.2, 0.25) is 0 Å². The zero-order chi connectivity index (χ0) is 8.43. The molecule has 1 aliphatic rings. The van der Waals surface area contributed by atoms with Gasteiger partial charge in [-0.3, -0.25) is 9.89 Å². The number of hydrogen-bond acceptors (Lipinski definition) is 2. The first-order valence-corrected chi connectivity index (χ1v) is 3.31. The molecule has 0 saturated carbocycles. The minimum atomic E-state index is -0.949. The van der Waals surface area contributed by atoms with Crippen LogP contribution >= 0.6 is 0 Å². The summed E-state index contributed by atoms with van der Waals surface area (Å²) < 4.78 is 0. The summed E-state index contributed by atoms with van der Waals surface area (Å²) in [5, 5.41) is 8.61. The molecule has 11 heavy (non-hydrogen) atoms. The standard InChI is InChI=1S/C7H10N2O2/c1-5-3-6(2)9(4-8-5)7(10)11/h3H,4H2,1-2H3,(H,10,11). The van der Waals surface area contributed by atoms with Crippen molar-refractivity contribution in [3.05, 3.63) is 11.8 Å². The predicted octanol–water partition coefficient (Wildman–Crippen LogP) is 1.30. The largest absolute Gasteiger partial charge is 0.465 e.